The summed E-state index contributed by atoms with van der Waals surface area (Å²) in [6, 6.07) is 50.3. The minimum Gasteiger partial charge on any atom is -0.310 e. The van der Waals surface area contributed by atoms with Crippen molar-refractivity contribution in [3.63, 3.8) is 0 Å². The maximum Gasteiger partial charge on any atom is 0.187 e. The second-order valence-electron chi connectivity index (χ2n) is 21.2. The highest BCUT2D eigenvalue weighted by Crippen LogP contribution is 2.52. The van der Waals surface area contributed by atoms with Gasteiger partial charge in [0.25, 0.3) is 0 Å². The fourth-order valence-electron chi connectivity index (χ4n) is 9.01. The van der Waals surface area contributed by atoms with Gasteiger partial charge in [0.15, 0.2) is 5.69 Å². The van der Waals surface area contributed by atoms with Crippen LogP contribution >= 0.6 is 0 Å². The Morgan fingerprint density at radius 1 is 0.426 bits per heavy atom. The standard InChI is InChI=1S/C56H61N3Si2/c1-37-15-19-39(20-16-37)58(41-23-27-43(28-24-41)60(9,10)11)51-35-49(55(2,3)4)45-32-34-48-52(36-50(56(5,6)7)46-31-33-47(51)53(45)54(46)48)59(40-21-17-38(57-8)18-22-40)42-25-29-44(30-26-42)61(12,13)14/h15-36H,1-7,9-14H3. The minimum absolute atomic E-state index is 0.137. The predicted molar refractivity (Wildman–Crippen MR) is 274 cm³/mol. The van der Waals surface area contributed by atoms with Gasteiger partial charge in [-0.15, -0.1) is 0 Å². The van der Waals surface area contributed by atoms with Crippen molar-refractivity contribution in [3.05, 3.63) is 162 Å². The molecule has 0 aliphatic carbocycles. The van der Waals surface area contributed by atoms with Crippen LogP contribution in [0, 0.1) is 13.5 Å². The molecule has 0 aliphatic heterocycles. The van der Waals surface area contributed by atoms with E-state index in [9.17, 15) is 0 Å². The van der Waals surface area contributed by atoms with Crippen molar-refractivity contribution in [2.45, 2.75) is 98.6 Å². The monoisotopic (exact) mass is 831 g/mol. The van der Waals surface area contributed by atoms with Crippen molar-refractivity contribution < 1.29 is 0 Å². The van der Waals surface area contributed by atoms with Crippen molar-refractivity contribution >= 4 is 98.7 Å². The fraction of sp³-hybridized carbons (Fsp3) is 0.268. The van der Waals surface area contributed by atoms with Gasteiger partial charge in [0, 0.05) is 33.5 Å². The molecule has 8 rings (SSSR count). The van der Waals surface area contributed by atoms with Gasteiger partial charge in [0.1, 0.15) is 0 Å². The topological polar surface area (TPSA) is 10.8 Å². The van der Waals surface area contributed by atoms with Gasteiger partial charge in [-0.1, -0.05) is 170 Å². The summed E-state index contributed by atoms with van der Waals surface area (Å²) in [5.41, 5.74) is 11.0. The lowest BCUT2D eigenvalue weighted by Crippen LogP contribution is -2.37. The zero-order valence-corrected chi connectivity index (χ0v) is 40.5. The first-order valence-electron chi connectivity index (χ1n) is 21.8. The summed E-state index contributed by atoms with van der Waals surface area (Å²) in [4.78, 5) is 8.67. The third-order valence-corrected chi connectivity index (χ3v) is 16.6. The molecule has 8 aromatic rings. The Morgan fingerprint density at radius 3 is 1.05 bits per heavy atom. The zero-order valence-electron chi connectivity index (χ0n) is 38.5. The van der Waals surface area contributed by atoms with Crippen molar-refractivity contribution in [1.29, 1.82) is 0 Å². The maximum atomic E-state index is 7.73. The zero-order chi connectivity index (χ0) is 43.8. The van der Waals surface area contributed by atoms with E-state index in [1.54, 1.807) is 0 Å². The van der Waals surface area contributed by atoms with Gasteiger partial charge in [-0.3, -0.25) is 0 Å². The normalized spacial score (nSPS) is 12.7. The van der Waals surface area contributed by atoms with Gasteiger partial charge in [-0.25, -0.2) is 4.85 Å². The van der Waals surface area contributed by atoms with E-state index in [4.69, 9.17) is 6.57 Å². The summed E-state index contributed by atoms with van der Waals surface area (Å²) in [5.74, 6) is 0. The minimum atomic E-state index is -1.54. The summed E-state index contributed by atoms with van der Waals surface area (Å²) in [7, 11) is -3.05. The molecule has 0 saturated carbocycles. The van der Waals surface area contributed by atoms with Crippen LogP contribution in [0.15, 0.2) is 133 Å². The summed E-state index contributed by atoms with van der Waals surface area (Å²) in [5, 5.41) is 10.5. The first-order valence-corrected chi connectivity index (χ1v) is 28.8. The van der Waals surface area contributed by atoms with Gasteiger partial charge in [-0.2, -0.15) is 0 Å². The van der Waals surface area contributed by atoms with E-state index in [0.29, 0.717) is 5.69 Å². The molecule has 8 aromatic carbocycles. The Balaban J connectivity index is 1.51. The number of anilines is 6. The van der Waals surface area contributed by atoms with E-state index in [-0.39, 0.29) is 10.8 Å². The van der Waals surface area contributed by atoms with Gasteiger partial charge in [0.2, 0.25) is 0 Å². The lowest BCUT2D eigenvalue weighted by Gasteiger charge is -2.34. The number of rotatable bonds is 8. The van der Waals surface area contributed by atoms with Crippen molar-refractivity contribution in [2.75, 3.05) is 9.80 Å². The highest BCUT2D eigenvalue weighted by molar-refractivity contribution is 6.89. The molecule has 0 aromatic heterocycles. The molecule has 0 unspecified atom stereocenters. The molecule has 0 N–H and O–H groups in total. The number of benzene rings is 8. The molecular formula is C56H61N3Si2. The average Bonchev–Trinajstić information content (AvgIpc) is 3.20. The smallest absolute Gasteiger partial charge is 0.187 e. The second-order valence-corrected chi connectivity index (χ2v) is 31.3. The van der Waals surface area contributed by atoms with Crippen molar-refractivity contribution in [3.8, 4) is 0 Å². The lowest BCUT2D eigenvalue weighted by atomic mass is 9.77. The molecule has 0 radical (unpaired) electrons. The molecule has 61 heavy (non-hydrogen) atoms. The van der Waals surface area contributed by atoms with Crippen LogP contribution in [0.1, 0.15) is 58.2 Å². The van der Waals surface area contributed by atoms with Gasteiger partial charge < -0.3 is 9.80 Å². The Morgan fingerprint density at radius 2 is 0.738 bits per heavy atom. The first kappa shape index (κ1) is 42.0. The number of nitrogens with zero attached hydrogens (tertiary/aromatic N) is 3. The third-order valence-electron chi connectivity index (χ3n) is 12.5. The Labute approximate surface area is 366 Å². The summed E-state index contributed by atoms with van der Waals surface area (Å²) in [6.45, 7) is 38.5. The van der Waals surface area contributed by atoms with Crippen LogP contribution in [-0.4, -0.2) is 16.1 Å². The third kappa shape index (κ3) is 7.77. The molecule has 0 heterocycles. The number of aryl methyl sites for hydroxylation is 1. The Bertz CT molecular complexity index is 2930. The molecule has 3 nitrogen and oxygen atoms in total. The second kappa shape index (κ2) is 15.0. The van der Waals surface area contributed by atoms with E-state index in [0.717, 1.165) is 28.4 Å². The van der Waals surface area contributed by atoms with Crippen molar-refractivity contribution in [2.24, 2.45) is 0 Å². The molecule has 0 atom stereocenters. The molecular weight excluding hydrogens is 771 g/mol. The maximum absolute atomic E-state index is 7.73. The molecule has 0 spiro atoms. The van der Waals surface area contributed by atoms with Crippen molar-refractivity contribution in [1.82, 2.24) is 0 Å². The summed E-state index contributed by atoms with van der Waals surface area (Å²) in [6.07, 6.45) is 0. The highest BCUT2D eigenvalue weighted by Gasteiger charge is 2.30. The summed E-state index contributed by atoms with van der Waals surface area (Å²) < 4.78 is 0. The van der Waals surface area contributed by atoms with Crippen LogP contribution in [0.3, 0.4) is 0 Å². The molecule has 308 valence electrons. The summed E-state index contributed by atoms with van der Waals surface area (Å²) >= 11 is 0. The quantitative estimate of drug-likeness (QED) is 0.0858. The van der Waals surface area contributed by atoms with E-state index in [1.165, 1.54) is 65.1 Å². The molecule has 0 amide bonds. The van der Waals surface area contributed by atoms with E-state index in [1.807, 2.05) is 12.1 Å². The molecule has 0 aliphatic rings. The van der Waals surface area contributed by atoms with Gasteiger partial charge in [-0.05, 0) is 111 Å². The van der Waals surface area contributed by atoms with Gasteiger partial charge >= 0.3 is 0 Å². The van der Waals surface area contributed by atoms with Gasteiger partial charge in [0.05, 0.1) is 34.1 Å². The number of hydrogen-bond acceptors (Lipinski definition) is 2. The van der Waals surface area contributed by atoms with E-state index < -0.39 is 16.1 Å². The highest BCUT2D eigenvalue weighted by atomic mass is 28.3. The van der Waals surface area contributed by atoms with Crippen LogP contribution in [0.5, 0.6) is 0 Å². The van der Waals surface area contributed by atoms with Crippen LogP contribution in [0.4, 0.5) is 39.8 Å². The average molecular weight is 832 g/mol. The van der Waals surface area contributed by atoms with Crippen LogP contribution in [0.25, 0.3) is 37.2 Å². The Hall–Kier alpha value is -5.68. The van der Waals surface area contributed by atoms with Crippen LogP contribution < -0.4 is 20.2 Å². The molecule has 5 heteroatoms. The van der Waals surface area contributed by atoms with E-state index >= 15 is 0 Å². The number of hydrogen-bond donors (Lipinski definition) is 0. The fourth-order valence-corrected chi connectivity index (χ4v) is 11.3. The SMILES string of the molecule is [C-]#[N+]c1ccc(N(c2ccc([Si](C)(C)C)cc2)c2cc(C(C)(C)C)c3ccc4c(N(c5ccc(C)cc5)c5ccc([Si](C)(C)C)cc5)cc(C(C)(C)C)c5ccc2c3c45)cc1. The largest absolute Gasteiger partial charge is 0.310 e. The Kier molecular flexibility index (Phi) is 10.4. The predicted octanol–water partition coefficient (Wildman–Crippen LogP) is 16.1. The van der Waals surface area contributed by atoms with Crippen LogP contribution in [0.2, 0.25) is 39.3 Å². The molecule has 0 fully saturated rings. The van der Waals surface area contributed by atoms with Crippen LogP contribution in [-0.2, 0) is 10.8 Å². The van der Waals surface area contributed by atoms with E-state index in [2.05, 4.69) is 224 Å². The lowest BCUT2D eigenvalue weighted by molar-refractivity contribution is 0.595. The molecule has 0 bridgehead atoms. The molecule has 0 saturated heterocycles. The first-order chi connectivity index (χ1) is 28.6.